The molecule has 4 aromatic rings. The number of nitrogens with one attached hydrogen (secondary N) is 2. The van der Waals surface area contributed by atoms with Crippen molar-refractivity contribution in [1.29, 1.82) is 0 Å². The normalized spacial score (nSPS) is 11.5. The van der Waals surface area contributed by atoms with Crippen LogP contribution in [0.25, 0.3) is 16.2 Å². The highest BCUT2D eigenvalue weighted by Gasteiger charge is 2.12. The number of rotatable bonds is 7. The molecule has 0 radical (unpaired) electrons. The van der Waals surface area contributed by atoms with Crippen LogP contribution in [0.5, 0.6) is 0 Å². The largest absolute Gasteiger partial charge is 0.360 e. The number of fused-ring (bicyclic) bond motifs is 1. The molecule has 31 heavy (non-hydrogen) atoms. The summed E-state index contributed by atoms with van der Waals surface area (Å²) in [6.07, 6.45) is 2.45. The van der Waals surface area contributed by atoms with Gasteiger partial charge in [-0.1, -0.05) is 35.6 Å². The zero-order chi connectivity index (χ0) is 22.0. The molecule has 2 heterocycles. The highest BCUT2D eigenvalue weighted by atomic mass is 32.2. The Kier molecular flexibility index (Phi) is 5.72. The van der Waals surface area contributed by atoms with E-state index in [9.17, 15) is 13.2 Å². The van der Waals surface area contributed by atoms with Crippen LogP contribution < -0.4 is 15.8 Å². The first kappa shape index (κ1) is 21.0. The van der Waals surface area contributed by atoms with Crippen LogP contribution in [0.15, 0.2) is 59.6 Å². The van der Waals surface area contributed by atoms with Gasteiger partial charge in [-0.3, -0.25) is 4.79 Å². The van der Waals surface area contributed by atoms with Crippen molar-refractivity contribution in [3.63, 3.8) is 0 Å². The second-order valence-electron chi connectivity index (χ2n) is 6.87. The van der Waals surface area contributed by atoms with E-state index in [0.29, 0.717) is 18.7 Å². The third-order valence-electron chi connectivity index (χ3n) is 4.51. The van der Waals surface area contributed by atoms with Gasteiger partial charge < -0.3 is 10.6 Å². The number of nitrogens with zero attached hydrogens (tertiary/aromatic N) is 3. The van der Waals surface area contributed by atoms with Crippen molar-refractivity contribution in [2.75, 3.05) is 17.2 Å². The fourth-order valence-corrected chi connectivity index (χ4v) is 4.40. The average Bonchev–Trinajstić information content (AvgIpc) is 3.28. The molecule has 9 nitrogen and oxygen atoms in total. The van der Waals surface area contributed by atoms with Gasteiger partial charge in [0, 0.05) is 24.7 Å². The Morgan fingerprint density at radius 3 is 2.68 bits per heavy atom. The van der Waals surface area contributed by atoms with Crippen molar-refractivity contribution in [2.24, 2.45) is 5.14 Å². The third-order valence-corrected chi connectivity index (χ3v) is 6.32. The van der Waals surface area contributed by atoms with Crippen LogP contribution in [-0.2, 0) is 21.2 Å². The lowest BCUT2D eigenvalue weighted by Gasteiger charge is -2.05. The number of anilines is 2. The molecule has 2 aromatic carbocycles. The summed E-state index contributed by atoms with van der Waals surface area (Å²) in [6.45, 7) is 2.09. The minimum Gasteiger partial charge on any atom is -0.360 e. The van der Waals surface area contributed by atoms with Crippen molar-refractivity contribution in [3.05, 3.63) is 60.3 Å². The smallest absolute Gasteiger partial charge is 0.238 e. The summed E-state index contributed by atoms with van der Waals surface area (Å²) in [4.78, 5) is 16.6. The summed E-state index contributed by atoms with van der Waals surface area (Å²) in [7, 11) is -3.68. The van der Waals surface area contributed by atoms with E-state index in [2.05, 4.69) is 20.7 Å². The minimum atomic E-state index is -3.68. The van der Waals surface area contributed by atoms with E-state index in [1.807, 2.05) is 24.3 Å². The van der Waals surface area contributed by atoms with Gasteiger partial charge in [0.05, 0.1) is 16.8 Å². The van der Waals surface area contributed by atoms with E-state index in [4.69, 9.17) is 5.14 Å². The maximum absolute atomic E-state index is 11.3. The van der Waals surface area contributed by atoms with Gasteiger partial charge in [0.15, 0.2) is 0 Å². The lowest BCUT2D eigenvalue weighted by molar-refractivity contribution is -0.114. The Morgan fingerprint density at radius 1 is 1.19 bits per heavy atom. The van der Waals surface area contributed by atoms with Gasteiger partial charge >= 0.3 is 0 Å². The van der Waals surface area contributed by atoms with Crippen molar-refractivity contribution < 1.29 is 13.2 Å². The highest BCUT2D eigenvalue weighted by Crippen LogP contribution is 2.27. The number of amides is 1. The maximum atomic E-state index is 11.3. The van der Waals surface area contributed by atoms with Crippen molar-refractivity contribution in [2.45, 2.75) is 18.2 Å². The number of hydrogen-bond donors (Lipinski definition) is 3. The Bertz CT molecular complexity index is 1340. The Labute approximate surface area is 183 Å². The quantitative estimate of drug-likeness (QED) is 0.392. The number of sulfonamides is 1. The van der Waals surface area contributed by atoms with Crippen LogP contribution in [0, 0.1) is 0 Å². The fourth-order valence-electron chi connectivity index (χ4n) is 3.08. The molecule has 0 aliphatic carbocycles. The molecule has 0 unspecified atom stereocenters. The lowest BCUT2D eigenvalue weighted by atomic mass is 10.1. The van der Waals surface area contributed by atoms with Gasteiger partial charge in [-0.05, 0) is 36.2 Å². The summed E-state index contributed by atoms with van der Waals surface area (Å²) in [5, 5.41) is 16.5. The second-order valence-corrected chi connectivity index (χ2v) is 9.39. The summed E-state index contributed by atoms with van der Waals surface area (Å²) in [6, 6.07) is 14.0. The molecule has 0 bridgehead atoms. The van der Waals surface area contributed by atoms with Crippen molar-refractivity contribution in [3.8, 4) is 11.3 Å². The Hall–Kier alpha value is -3.28. The monoisotopic (exact) mass is 456 g/mol. The zero-order valence-electron chi connectivity index (χ0n) is 16.6. The fraction of sp³-hybridized carbons (Fsp3) is 0.150. The number of carbonyl (C=O) groups is 1. The first-order chi connectivity index (χ1) is 14.8. The third kappa shape index (κ3) is 4.90. The molecule has 0 fully saturated rings. The first-order valence-corrected chi connectivity index (χ1v) is 11.7. The van der Waals surface area contributed by atoms with E-state index < -0.39 is 10.0 Å². The molecular formula is C20H20N6O3S2. The summed E-state index contributed by atoms with van der Waals surface area (Å²) >= 11 is 1.43. The van der Waals surface area contributed by atoms with Crippen LogP contribution in [0.2, 0.25) is 0 Å². The van der Waals surface area contributed by atoms with Crippen LogP contribution in [-0.4, -0.2) is 35.5 Å². The van der Waals surface area contributed by atoms with Gasteiger partial charge in [0.1, 0.15) is 0 Å². The SMILES string of the molecule is CC(=O)Nc1cccc(-c2cnc3sc(NCCc4ccc(S(N)(=O)=O)cc4)nn23)c1. The molecule has 1 amide bonds. The van der Waals surface area contributed by atoms with Gasteiger partial charge in [-0.25, -0.2) is 23.1 Å². The zero-order valence-corrected chi connectivity index (χ0v) is 18.2. The molecule has 0 aliphatic rings. The molecule has 0 saturated heterocycles. The highest BCUT2D eigenvalue weighted by molar-refractivity contribution is 7.89. The number of carbonyl (C=O) groups excluding carboxylic acids is 1. The number of benzene rings is 2. The van der Waals surface area contributed by atoms with Crippen molar-refractivity contribution >= 4 is 43.0 Å². The maximum Gasteiger partial charge on any atom is 0.238 e. The molecule has 11 heteroatoms. The van der Waals surface area contributed by atoms with E-state index in [1.54, 1.807) is 22.8 Å². The first-order valence-electron chi connectivity index (χ1n) is 9.38. The number of hydrogen-bond acceptors (Lipinski definition) is 7. The summed E-state index contributed by atoms with van der Waals surface area (Å²) < 4.78 is 24.4. The predicted octanol–water partition coefficient (Wildman–Crippen LogP) is 2.72. The van der Waals surface area contributed by atoms with E-state index in [0.717, 1.165) is 26.9 Å². The average molecular weight is 457 g/mol. The Morgan fingerprint density at radius 2 is 1.97 bits per heavy atom. The molecule has 2 aromatic heterocycles. The van der Waals surface area contributed by atoms with E-state index in [1.165, 1.54) is 30.4 Å². The van der Waals surface area contributed by atoms with Gasteiger partial charge in [0.2, 0.25) is 26.0 Å². The van der Waals surface area contributed by atoms with Gasteiger partial charge in [0.25, 0.3) is 0 Å². The Balaban J connectivity index is 1.45. The number of nitrogens with two attached hydrogens (primary N) is 1. The predicted molar refractivity (Wildman–Crippen MR) is 121 cm³/mol. The molecule has 4 rings (SSSR count). The number of primary sulfonamides is 1. The van der Waals surface area contributed by atoms with Crippen LogP contribution in [0.1, 0.15) is 12.5 Å². The van der Waals surface area contributed by atoms with E-state index in [-0.39, 0.29) is 10.8 Å². The van der Waals surface area contributed by atoms with E-state index >= 15 is 0 Å². The summed E-state index contributed by atoms with van der Waals surface area (Å²) in [5.41, 5.74) is 3.41. The van der Waals surface area contributed by atoms with Crippen LogP contribution in [0.3, 0.4) is 0 Å². The molecule has 4 N–H and O–H groups in total. The van der Waals surface area contributed by atoms with Gasteiger partial charge in [-0.2, -0.15) is 0 Å². The van der Waals surface area contributed by atoms with Crippen LogP contribution in [0.4, 0.5) is 10.8 Å². The van der Waals surface area contributed by atoms with Crippen molar-refractivity contribution in [1.82, 2.24) is 14.6 Å². The number of imidazole rings is 1. The summed E-state index contributed by atoms with van der Waals surface area (Å²) in [5.74, 6) is -0.130. The topological polar surface area (TPSA) is 131 Å². The molecule has 0 aliphatic heterocycles. The molecule has 0 saturated carbocycles. The van der Waals surface area contributed by atoms with Gasteiger partial charge in [-0.15, -0.1) is 5.10 Å². The second kappa shape index (κ2) is 8.46. The molecule has 0 atom stereocenters. The molecule has 160 valence electrons. The standard InChI is InChI=1S/C20H20N6O3S2/c1-13(27)24-16-4-2-3-15(11-16)18-12-23-20-26(18)25-19(30-20)22-10-9-14-5-7-17(8-6-14)31(21,28)29/h2-8,11-12H,9-10H2,1H3,(H,22,25)(H,24,27)(H2,21,28,29). The minimum absolute atomic E-state index is 0.0976. The lowest BCUT2D eigenvalue weighted by Crippen LogP contribution is -2.12. The molecule has 0 spiro atoms. The number of aromatic nitrogens is 3. The molecular weight excluding hydrogens is 436 g/mol. The van der Waals surface area contributed by atoms with Crippen LogP contribution >= 0.6 is 11.3 Å².